The highest BCUT2D eigenvalue weighted by Gasteiger charge is 2.32. The third kappa shape index (κ3) is 8.81. The molecule has 0 heterocycles. The number of carboxylic acid groups (broad SMARTS) is 1. The first-order chi connectivity index (χ1) is 16.7. The van der Waals surface area contributed by atoms with Gasteiger partial charge in [0.15, 0.2) is 5.96 Å². The van der Waals surface area contributed by atoms with E-state index in [-0.39, 0.29) is 35.9 Å². The lowest BCUT2D eigenvalue weighted by Crippen LogP contribution is -2.42. The number of ether oxygens (including phenoxy) is 1. The van der Waals surface area contributed by atoms with Crippen molar-refractivity contribution in [3.8, 4) is 0 Å². The fraction of sp³-hybridized carbons (Fsp3) is 0.304. The van der Waals surface area contributed by atoms with Crippen LogP contribution in [0.1, 0.15) is 35.3 Å². The van der Waals surface area contributed by atoms with Crippen LogP contribution in [0.5, 0.6) is 0 Å². The van der Waals surface area contributed by atoms with Crippen LogP contribution in [0.2, 0.25) is 0 Å². The summed E-state index contributed by atoms with van der Waals surface area (Å²) in [5, 5.41) is 23.5. The number of hydrogen-bond acceptors (Lipinski definition) is 5. The lowest BCUT2D eigenvalue weighted by Gasteiger charge is -2.16. The smallest absolute Gasteiger partial charge is 0.416 e. The molecule has 0 aliphatic rings. The Labute approximate surface area is 204 Å². The summed E-state index contributed by atoms with van der Waals surface area (Å²) in [6, 6.07) is 7.11. The summed E-state index contributed by atoms with van der Waals surface area (Å²) in [6.45, 7) is 3.79. The number of hydrogen-bond donors (Lipinski definition) is 6. The van der Waals surface area contributed by atoms with Gasteiger partial charge in [-0.25, -0.2) is 9.59 Å². The number of amides is 2. The van der Waals surface area contributed by atoms with Crippen molar-refractivity contribution in [2.75, 3.05) is 17.2 Å². The molecule has 1 atom stereocenters. The SMILES string of the molecule is CC(C)COC(=O)N[C@@H](Cc1ccc(NC(=O)c2cc(NC(=N)N)cc(C(F)(F)F)c2)cc1)C(=O)O. The standard InChI is InChI=1S/C23H26F3N5O5/c1-12(2)11-36-22(35)31-18(20(33)34)7-13-3-5-16(6-4-13)29-19(32)14-8-15(23(24,25)26)10-17(9-14)30-21(27)28/h3-6,8-10,12,18H,7,11H2,1-2H3,(H,29,32)(H,31,35)(H,33,34)(H4,27,28,30)/t18-/m0/s1. The van der Waals surface area contributed by atoms with Gasteiger partial charge in [0.1, 0.15) is 6.04 Å². The van der Waals surface area contributed by atoms with Crippen LogP contribution in [-0.2, 0) is 22.1 Å². The number of carboxylic acids is 1. The van der Waals surface area contributed by atoms with Crippen molar-refractivity contribution in [2.45, 2.75) is 32.5 Å². The topological polar surface area (TPSA) is 167 Å². The van der Waals surface area contributed by atoms with E-state index in [0.29, 0.717) is 11.6 Å². The van der Waals surface area contributed by atoms with E-state index in [1.807, 2.05) is 13.8 Å². The molecule has 2 rings (SSSR count). The zero-order valence-electron chi connectivity index (χ0n) is 19.4. The fourth-order valence-electron chi connectivity index (χ4n) is 2.94. The van der Waals surface area contributed by atoms with E-state index in [0.717, 1.165) is 12.1 Å². The number of alkyl halides is 3. The molecular formula is C23H26F3N5O5. The van der Waals surface area contributed by atoms with Gasteiger partial charge in [0, 0.05) is 23.4 Å². The van der Waals surface area contributed by atoms with Gasteiger partial charge in [0.25, 0.3) is 5.91 Å². The van der Waals surface area contributed by atoms with Gasteiger partial charge in [-0.2, -0.15) is 13.2 Å². The Morgan fingerprint density at radius 2 is 1.69 bits per heavy atom. The summed E-state index contributed by atoms with van der Waals surface area (Å²) in [7, 11) is 0. The third-order valence-corrected chi connectivity index (χ3v) is 4.59. The second-order valence-electron chi connectivity index (χ2n) is 8.22. The highest BCUT2D eigenvalue weighted by molar-refractivity contribution is 6.05. The summed E-state index contributed by atoms with van der Waals surface area (Å²) in [4.78, 5) is 35.9. The van der Waals surface area contributed by atoms with E-state index in [1.54, 1.807) is 0 Å². The molecule has 2 aromatic carbocycles. The maximum absolute atomic E-state index is 13.2. The van der Waals surface area contributed by atoms with Crippen LogP contribution in [0, 0.1) is 11.3 Å². The van der Waals surface area contributed by atoms with Gasteiger partial charge >= 0.3 is 18.2 Å². The number of rotatable bonds is 9. The van der Waals surface area contributed by atoms with Crippen molar-refractivity contribution >= 4 is 35.3 Å². The Morgan fingerprint density at radius 3 is 2.22 bits per heavy atom. The van der Waals surface area contributed by atoms with Crippen molar-refractivity contribution < 1.29 is 37.4 Å². The van der Waals surface area contributed by atoms with Crippen molar-refractivity contribution in [1.29, 1.82) is 5.41 Å². The Morgan fingerprint density at radius 1 is 1.06 bits per heavy atom. The quantitative estimate of drug-likeness (QED) is 0.222. The molecule has 0 fully saturated rings. The predicted octanol–water partition coefficient (Wildman–Crippen LogP) is 3.64. The van der Waals surface area contributed by atoms with Gasteiger partial charge in [-0.3, -0.25) is 10.2 Å². The zero-order valence-corrected chi connectivity index (χ0v) is 19.4. The molecule has 194 valence electrons. The molecule has 0 saturated carbocycles. The summed E-state index contributed by atoms with van der Waals surface area (Å²) < 4.78 is 44.6. The van der Waals surface area contributed by atoms with Crippen molar-refractivity contribution in [3.05, 3.63) is 59.2 Å². The van der Waals surface area contributed by atoms with Crippen molar-refractivity contribution in [1.82, 2.24) is 5.32 Å². The lowest BCUT2D eigenvalue weighted by molar-refractivity contribution is -0.139. The number of halogens is 3. The van der Waals surface area contributed by atoms with Crippen LogP contribution in [0.4, 0.5) is 29.3 Å². The molecule has 2 amide bonds. The Kier molecular flexibility index (Phi) is 9.25. The number of alkyl carbamates (subject to hydrolysis) is 1. The largest absolute Gasteiger partial charge is 0.480 e. The molecule has 0 aliphatic heterocycles. The molecule has 0 radical (unpaired) electrons. The number of benzene rings is 2. The van der Waals surface area contributed by atoms with Crippen molar-refractivity contribution in [2.24, 2.45) is 11.7 Å². The second-order valence-corrected chi connectivity index (χ2v) is 8.22. The predicted molar refractivity (Wildman–Crippen MR) is 126 cm³/mol. The normalized spacial score (nSPS) is 11.9. The first-order valence-corrected chi connectivity index (χ1v) is 10.6. The second kappa shape index (κ2) is 11.9. The van der Waals surface area contributed by atoms with Gasteiger partial charge in [0.05, 0.1) is 12.2 Å². The highest BCUT2D eigenvalue weighted by atomic mass is 19.4. The van der Waals surface area contributed by atoms with Crippen LogP contribution < -0.4 is 21.7 Å². The first-order valence-electron chi connectivity index (χ1n) is 10.6. The number of anilines is 2. The molecule has 7 N–H and O–H groups in total. The summed E-state index contributed by atoms with van der Waals surface area (Å²) in [6.07, 6.45) is -5.67. The van der Waals surface area contributed by atoms with Crippen LogP contribution in [0.25, 0.3) is 0 Å². The van der Waals surface area contributed by atoms with E-state index in [4.69, 9.17) is 15.9 Å². The minimum Gasteiger partial charge on any atom is -0.480 e. The van der Waals surface area contributed by atoms with E-state index in [1.165, 1.54) is 24.3 Å². The molecule has 10 nitrogen and oxygen atoms in total. The minimum absolute atomic E-state index is 0.0754. The number of aliphatic carboxylic acids is 1. The number of nitrogens with one attached hydrogen (secondary N) is 4. The van der Waals surface area contributed by atoms with Gasteiger partial charge < -0.3 is 31.5 Å². The zero-order chi connectivity index (χ0) is 27.0. The number of guanidine groups is 1. The molecule has 0 aromatic heterocycles. The molecular weight excluding hydrogens is 483 g/mol. The average molecular weight is 509 g/mol. The molecule has 0 spiro atoms. The van der Waals surface area contributed by atoms with E-state index in [9.17, 15) is 32.7 Å². The molecule has 13 heteroatoms. The van der Waals surface area contributed by atoms with E-state index < -0.39 is 41.7 Å². The maximum atomic E-state index is 13.2. The van der Waals surface area contributed by atoms with Crippen LogP contribution in [-0.4, -0.2) is 41.7 Å². The molecule has 2 aromatic rings. The average Bonchev–Trinajstić information content (AvgIpc) is 2.77. The molecule has 0 saturated heterocycles. The number of carbonyl (C=O) groups excluding carboxylic acids is 2. The van der Waals surface area contributed by atoms with Gasteiger partial charge in [-0.1, -0.05) is 26.0 Å². The van der Waals surface area contributed by atoms with Gasteiger partial charge in [-0.05, 0) is 41.8 Å². The molecule has 0 unspecified atom stereocenters. The van der Waals surface area contributed by atoms with Crippen LogP contribution in [0.15, 0.2) is 42.5 Å². The Hall–Kier alpha value is -4.29. The minimum atomic E-state index is -4.74. The number of carbonyl (C=O) groups is 3. The molecule has 0 bridgehead atoms. The fourth-order valence-corrected chi connectivity index (χ4v) is 2.94. The first kappa shape index (κ1) is 28.0. The van der Waals surface area contributed by atoms with Crippen molar-refractivity contribution in [3.63, 3.8) is 0 Å². The van der Waals surface area contributed by atoms with E-state index in [2.05, 4.69) is 16.0 Å². The Bertz CT molecular complexity index is 1120. The summed E-state index contributed by atoms with van der Waals surface area (Å²) in [5.41, 5.74) is 4.31. The number of nitrogens with two attached hydrogens (primary N) is 1. The third-order valence-electron chi connectivity index (χ3n) is 4.59. The monoisotopic (exact) mass is 509 g/mol. The summed E-state index contributed by atoms with van der Waals surface area (Å²) in [5.74, 6) is -2.64. The van der Waals surface area contributed by atoms with Crippen LogP contribution >= 0.6 is 0 Å². The van der Waals surface area contributed by atoms with Gasteiger partial charge in [0.2, 0.25) is 0 Å². The lowest BCUT2D eigenvalue weighted by atomic mass is 10.1. The highest BCUT2D eigenvalue weighted by Crippen LogP contribution is 2.32. The van der Waals surface area contributed by atoms with Crippen LogP contribution in [0.3, 0.4) is 0 Å². The van der Waals surface area contributed by atoms with E-state index >= 15 is 0 Å². The van der Waals surface area contributed by atoms with Gasteiger partial charge in [-0.15, -0.1) is 0 Å². The molecule has 0 aliphatic carbocycles. The summed E-state index contributed by atoms with van der Waals surface area (Å²) >= 11 is 0. The Balaban J connectivity index is 2.11. The molecule has 36 heavy (non-hydrogen) atoms. The maximum Gasteiger partial charge on any atom is 0.416 e.